The second kappa shape index (κ2) is 4.16. The first kappa shape index (κ1) is 9.13. The van der Waals surface area contributed by atoms with Crippen molar-refractivity contribution in [1.82, 2.24) is 0 Å². The van der Waals surface area contributed by atoms with Gasteiger partial charge in [-0.05, 0) is 17.7 Å². The minimum Gasteiger partial charge on any atom is -0.290 e. The first-order chi connectivity index (χ1) is 5.77. The highest BCUT2D eigenvalue weighted by Gasteiger charge is 2.10. The second-order valence-electron chi connectivity index (χ2n) is 2.22. The molecule has 0 unspecified atom stereocenters. The number of halogens is 1. The normalized spacial score (nSPS) is 9.83. The highest BCUT2D eigenvalue weighted by molar-refractivity contribution is 9.10. The molecule has 0 spiro atoms. The van der Waals surface area contributed by atoms with Gasteiger partial charge in [-0.15, -0.1) is 0 Å². The van der Waals surface area contributed by atoms with Crippen LogP contribution < -0.4 is 0 Å². The van der Waals surface area contributed by atoms with Gasteiger partial charge in [0.2, 0.25) is 12.6 Å². The number of rotatable bonds is 3. The van der Waals surface area contributed by atoms with Crippen molar-refractivity contribution in [2.75, 3.05) is 0 Å². The predicted octanol–water partition coefficient (Wildman–Crippen LogP) is 1.75. The number of hydrogen-bond donors (Lipinski definition) is 0. The molecule has 1 aromatic rings. The summed E-state index contributed by atoms with van der Waals surface area (Å²) in [4.78, 5) is 20.5. The Hall–Kier alpha value is -0.960. The average molecular weight is 225 g/mol. The molecule has 0 atom stereocenters. The molecule has 0 N–H and O–H groups in total. The lowest BCUT2D eigenvalue weighted by atomic mass is 10.0. The Labute approximate surface area is 78.7 Å². The third-order valence-corrected chi connectivity index (χ3v) is 1.91. The molecule has 0 amide bonds. The Morgan fingerprint density at radius 2 is 1.92 bits per heavy atom. The van der Waals surface area contributed by atoms with Crippen LogP contribution in [0.3, 0.4) is 0 Å². The standard InChI is InChI=1S/C9H5BrO2/c10-9-3-1-2-7(4-9)8(5-11)6-12/h1-4,8H. The molecule has 0 aliphatic rings. The first-order valence-corrected chi connectivity index (χ1v) is 4.08. The van der Waals surface area contributed by atoms with Gasteiger partial charge in [0.05, 0.1) is 0 Å². The fraction of sp³-hybridized carbons (Fsp3) is 0.111. The molecule has 1 rings (SSSR count). The van der Waals surface area contributed by atoms with E-state index < -0.39 is 5.92 Å². The van der Waals surface area contributed by atoms with E-state index in [0.717, 1.165) is 4.47 Å². The number of hydrogen-bond acceptors (Lipinski definition) is 2. The summed E-state index contributed by atoms with van der Waals surface area (Å²) in [5.41, 5.74) is 0.606. The van der Waals surface area contributed by atoms with Crippen molar-refractivity contribution in [3.63, 3.8) is 0 Å². The summed E-state index contributed by atoms with van der Waals surface area (Å²) in [5, 5.41) is 0. The van der Waals surface area contributed by atoms with E-state index in [-0.39, 0.29) is 0 Å². The van der Waals surface area contributed by atoms with E-state index in [2.05, 4.69) is 15.9 Å². The summed E-state index contributed by atoms with van der Waals surface area (Å²) in [6.07, 6.45) is 3.20. The highest BCUT2D eigenvalue weighted by atomic mass is 79.9. The molecule has 0 fully saturated rings. The van der Waals surface area contributed by atoms with Gasteiger partial charge in [-0.1, -0.05) is 28.1 Å². The van der Waals surface area contributed by atoms with Crippen LogP contribution in [0.25, 0.3) is 0 Å². The SMILES string of the molecule is O=[C]C([C]=O)c1cccc(Br)c1. The van der Waals surface area contributed by atoms with Crippen LogP contribution in [-0.2, 0) is 9.59 Å². The monoisotopic (exact) mass is 224 g/mol. The maximum Gasteiger partial charge on any atom is 0.214 e. The Kier molecular flexibility index (Phi) is 3.17. The number of benzene rings is 1. The molecule has 12 heavy (non-hydrogen) atoms. The maximum atomic E-state index is 10.2. The summed E-state index contributed by atoms with van der Waals surface area (Å²) in [6.45, 7) is 0. The van der Waals surface area contributed by atoms with Crippen molar-refractivity contribution in [2.45, 2.75) is 5.92 Å². The fourth-order valence-corrected chi connectivity index (χ4v) is 1.26. The van der Waals surface area contributed by atoms with Crippen LogP contribution in [0.15, 0.2) is 28.7 Å². The maximum absolute atomic E-state index is 10.2. The van der Waals surface area contributed by atoms with Gasteiger partial charge < -0.3 is 0 Å². The van der Waals surface area contributed by atoms with Crippen molar-refractivity contribution < 1.29 is 9.59 Å². The van der Waals surface area contributed by atoms with E-state index in [1.54, 1.807) is 30.8 Å². The van der Waals surface area contributed by atoms with E-state index in [1.165, 1.54) is 0 Å². The van der Waals surface area contributed by atoms with E-state index >= 15 is 0 Å². The summed E-state index contributed by atoms with van der Waals surface area (Å²) in [7, 11) is 0. The van der Waals surface area contributed by atoms with Gasteiger partial charge in [0.25, 0.3) is 0 Å². The smallest absolute Gasteiger partial charge is 0.214 e. The zero-order valence-electron chi connectivity index (χ0n) is 6.08. The fourth-order valence-electron chi connectivity index (χ4n) is 0.846. The van der Waals surface area contributed by atoms with Gasteiger partial charge in [0, 0.05) is 4.47 Å². The molecular formula is C9H5BrO2. The molecule has 0 saturated heterocycles. The minimum atomic E-state index is -0.887. The quantitative estimate of drug-likeness (QED) is 0.734. The molecule has 2 nitrogen and oxygen atoms in total. The van der Waals surface area contributed by atoms with Gasteiger partial charge in [-0.2, -0.15) is 0 Å². The van der Waals surface area contributed by atoms with Crippen LogP contribution in [0.2, 0.25) is 0 Å². The summed E-state index contributed by atoms with van der Waals surface area (Å²) < 4.78 is 0.829. The third-order valence-electron chi connectivity index (χ3n) is 1.42. The second-order valence-corrected chi connectivity index (χ2v) is 3.14. The van der Waals surface area contributed by atoms with Crippen LogP contribution in [0.5, 0.6) is 0 Å². The van der Waals surface area contributed by atoms with Gasteiger partial charge in [-0.25, -0.2) is 0 Å². The average Bonchev–Trinajstić information content (AvgIpc) is 2.07. The highest BCUT2D eigenvalue weighted by Crippen LogP contribution is 2.16. The molecule has 3 heteroatoms. The Balaban J connectivity index is 3.00. The number of carbonyl (C=O) groups excluding carboxylic acids is 2. The van der Waals surface area contributed by atoms with Crippen molar-refractivity contribution in [2.24, 2.45) is 0 Å². The lowest BCUT2D eigenvalue weighted by molar-refractivity contribution is 0.534. The lowest BCUT2D eigenvalue weighted by Gasteiger charge is -2.00. The molecule has 0 saturated carbocycles. The zero-order valence-corrected chi connectivity index (χ0v) is 7.67. The van der Waals surface area contributed by atoms with Crippen LogP contribution in [0.1, 0.15) is 11.5 Å². The van der Waals surface area contributed by atoms with Crippen LogP contribution >= 0.6 is 15.9 Å². The van der Waals surface area contributed by atoms with E-state index in [1.807, 2.05) is 6.07 Å². The van der Waals surface area contributed by atoms with Crippen LogP contribution in [-0.4, -0.2) is 12.6 Å². The molecule has 60 valence electrons. The first-order valence-electron chi connectivity index (χ1n) is 3.28. The molecular weight excluding hydrogens is 220 g/mol. The topological polar surface area (TPSA) is 34.1 Å². The Morgan fingerprint density at radius 1 is 1.25 bits per heavy atom. The Bertz CT molecular complexity index is 288. The largest absolute Gasteiger partial charge is 0.290 e. The summed E-state index contributed by atoms with van der Waals surface area (Å²) >= 11 is 3.23. The summed E-state index contributed by atoms with van der Waals surface area (Å²) in [5.74, 6) is -0.887. The van der Waals surface area contributed by atoms with Gasteiger partial charge >= 0.3 is 0 Å². The molecule has 1 aromatic carbocycles. The summed E-state index contributed by atoms with van der Waals surface area (Å²) in [6, 6.07) is 6.95. The van der Waals surface area contributed by atoms with Gasteiger partial charge in [-0.3, -0.25) is 9.59 Å². The molecule has 0 aromatic heterocycles. The predicted molar refractivity (Wildman–Crippen MR) is 48.3 cm³/mol. The zero-order chi connectivity index (χ0) is 8.97. The van der Waals surface area contributed by atoms with E-state index in [9.17, 15) is 9.59 Å². The molecule has 0 heterocycles. The van der Waals surface area contributed by atoms with Crippen molar-refractivity contribution in [3.05, 3.63) is 34.3 Å². The van der Waals surface area contributed by atoms with Crippen molar-refractivity contribution >= 4 is 28.5 Å². The van der Waals surface area contributed by atoms with Gasteiger partial charge in [0.15, 0.2) is 0 Å². The van der Waals surface area contributed by atoms with Crippen molar-refractivity contribution in [3.8, 4) is 0 Å². The minimum absolute atomic E-state index is 0.606. The lowest BCUT2D eigenvalue weighted by Crippen LogP contribution is -2.00. The molecule has 2 radical (unpaired) electrons. The third kappa shape index (κ3) is 2.01. The van der Waals surface area contributed by atoms with Crippen LogP contribution in [0.4, 0.5) is 0 Å². The van der Waals surface area contributed by atoms with Crippen molar-refractivity contribution in [1.29, 1.82) is 0 Å². The van der Waals surface area contributed by atoms with E-state index in [4.69, 9.17) is 0 Å². The van der Waals surface area contributed by atoms with Gasteiger partial charge in [0.1, 0.15) is 5.92 Å². The van der Waals surface area contributed by atoms with E-state index in [0.29, 0.717) is 5.56 Å². The molecule has 0 aliphatic heterocycles. The molecule has 0 aliphatic carbocycles. The Morgan fingerprint density at radius 3 is 2.42 bits per heavy atom. The van der Waals surface area contributed by atoms with Crippen LogP contribution in [0, 0.1) is 0 Å². The molecule has 0 bridgehead atoms.